The molecule has 0 aromatic carbocycles. The fraction of sp³-hybridized carbons (Fsp3) is 1.00. The molecule has 0 spiro atoms. The highest BCUT2D eigenvalue weighted by molar-refractivity contribution is 4.85. The van der Waals surface area contributed by atoms with Crippen LogP contribution in [0.1, 0.15) is 6.42 Å². The number of methoxy groups -OCH3 is 2. The molecule has 0 amide bonds. The van der Waals surface area contributed by atoms with Gasteiger partial charge in [0.25, 0.3) is 0 Å². The fourth-order valence-corrected chi connectivity index (χ4v) is 1.15. The zero-order valence-corrected chi connectivity index (χ0v) is 6.09. The molecule has 0 saturated heterocycles. The van der Waals surface area contributed by atoms with E-state index < -0.39 is 0 Å². The molecule has 0 aromatic rings. The highest BCUT2D eigenvalue weighted by Crippen LogP contribution is 2.38. The average Bonchev–Trinajstić information content (AvgIpc) is 2.50. The van der Waals surface area contributed by atoms with Gasteiger partial charge in [-0.15, -0.1) is 0 Å². The summed E-state index contributed by atoms with van der Waals surface area (Å²) in [5.41, 5.74) is 0. The van der Waals surface area contributed by atoms with Gasteiger partial charge in [-0.05, 0) is 18.3 Å². The Hall–Kier alpha value is -0.0800. The third-order valence-corrected chi connectivity index (χ3v) is 1.83. The van der Waals surface area contributed by atoms with Crippen LogP contribution >= 0.6 is 0 Å². The largest absolute Gasteiger partial charge is 0.384 e. The Morgan fingerprint density at radius 1 is 1.11 bits per heavy atom. The molecular formula is C7H14O2. The van der Waals surface area contributed by atoms with Gasteiger partial charge in [-0.1, -0.05) is 0 Å². The quantitative estimate of drug-likeness (QED) is 0.563. The normalized spacial score (nSPS) is 32.7. The first-order valence-electron chi connectivity index (χ1n) is 3.36. The van der Waals surface area contributed by atoms with Crippen LogP contribution in [0.2, 0.25) is 0 Å². The molecule has 9 heavy (non-hydrogen) atoms. The smallest absolute Gasteiger partial charge is 0.0494 e. The maximum Gasteiger partial charge on any atom is 0.0494 e. The van der Waals surface area contributed by atoms with Crippen LogP contribution in [0.4, 0.5) is 0 Å². The molecule has 2 heteroatoms. The molecule has 0 radical (unpaired) electrons. The second kappa shape index (κ2) is 3.18. The van der Waals surface area contributed by atoms with Gasteiger partial charge in [-0.3, -0.25) is 0 Å². The topological polar surface area (TPSA) is 18.5 Å². The Labute approximate surface area is 56.2 Å². The van der Waals surface area contributed by atoms with Crippen molar-refractivity contribution in [3.8, 4) is 0 Å². The lowest BCUT2D eigenvalue weighted by Gasteiger charge is -1.95. The van der Waals surface area contributed by atoms with Gasteiger partial charge < -0.3 is 9.47 Å². The second-order valence-electron chi connectivity index (χ2n) is 2.67. The Morgan fingerprint density at radius 2 is 1.56 bits per heavy atom. The first-order valence-corrected chi connectivity index (χ1v) is 3.36. The summed E-state index contributed by atoms with van der Waals surface area (Å²) in [5.74, 6) is 1.57. The zero-order valence-electron chi connectivity index (χ0n) is 6.09. The van der Waals surface area contributed by atoms with E-state index >= 15 is 0 Å². The van der Waals surface area contributed by atoms with Gasteiger partial charge in [0.1, 0.15) is 0 Å². The SMILES string of the molecule is COCC1CC1COC. The lowest BCUT2D eigenvalue weighted by molar-refractivity contribution is 0.152. The van der Waals surface area contributed by atoms with Crippen molar-refractivity contribution in [1.29, 1.82) is 0 Å². The van der Waals surface area contributed by atoms with Crippen molar-refractivity contribution in [1.82, 2.24) is 0 Å². The number of ether oxygens (including phenoxy) is 2. The van der Waals surface area contributed by atoms with Crippen LogP contribution in [0, 0.1) is 11.8 Å². The van der Waals surface area contributed by atoms with E-state index in [4.69, 9.17) is 9.47 Å². The minimum Gasteiger partial charge on any atom is -0.384 e. The van der Waals surface area contributed by atoms with Crippen molar-refractivity contribution in [3.05, 3.63) is 0 Å². The third kappa shape index (κ3) is 1.95. The van der Waals surface area contributed by atoms with Gasteiger partial charge >= 0.3 is 0 Å². The first-order chi connectivity index (χ1) is 4.38. The highest BCUT2D eigenvalue weighted by atomic mass is 16.5. The van der Waals surface area contributed by atoms with Crippen LogP contribution in [-0.2, 0) is 9.47 Å². The number of hydrogen-bond acceptors (Lipinski definition) is 2. The van der Waals surface area contributed by atoms with E-state index in [0.29, 0.717) is 0 Å². The number of hydrogen-bond donors (Lipinski definition) is 0. The Kier molecular flexibility index (Phi) is 2.49. The van der Waals surface area contributed by atoms with E-state index in [1.54, 1.807) is 14.2 Å². The zero-order chi connectivity index (χ0) is 6.69. The highest BCUT2D eigenvalue weighted by Gasteiger charge is 2.36. The summed E-state index contributed by atoms with van der Waals surface area (Å²) >= 11 is 0. The van der Waals surface area contributed by atoms with Crippen LogP contribution in [0.25, 0.3) is 0 Å². The molecule has 1 aliphatic rings. The van der Waals surface area contributed by atoms with E-state index in [1.807, 2.05) is 0 Å². The second-order valence-corrected chi connectivity index (χ2v) is 2.67. The Bertz CT molecular complexity index is 73.0. The predicted octanol–water partition coefficient (Wildman–Crippen LogP) is 0.915. The maximum atomic E-state index is 4.99. The molecule has 2 nitrogen and oxygen atoms in total. The Balaban J connectivity index is 1.96. The van der Waals surface area contributed by atoms with E-state index in [-0.39, 0.29) is 0 Å². The summed E-state index contributed by atoms with van der Waals surface area (Å²) in [6.45, 7) is 1.82. The van der Waals surface area contributed by atoms with Crippen LogP contribution in [-0.4, -0.2) is 27.4 Å². The van der Waals surface area contributed by atoms with Crippen molar-refractivity contribution >= 4 is 0 Å². The fourth-order valence-electron chi connectivity index (χ4n) is 1.15. The lowest BCUT2D eigenvalue weighted by atomic mass is 10.3. The molecule has 1 saturated carbocycles. The monoisotopic (exact) mass is 130 g/mol. The Morgan fingerprint density at radius 3 is 1.89 bits per heavy atom. The van der Waals surface area contributed by atoms with Crippen molar-refractivity contribution < 1.29 is 9.47 Å². The number of rotatable bonds is 4. The van der Waals surface area contributed by atoms with E-state index in [1.165, 1.54) is 6.42 Å². The molecule has 1 fully saturated rings. The summed E-state index contributed by atoms with van der Waals surface area (Å²) in [7, 11) is 3.50. The molecule has 0 bridgehead atoms. The minimum atomic E-state index is 0.787. The molecule has 0 heterocycles. The van der Waals surface area contributed by atoms with Crippen molar-refractivity contribution in [2.24, 2.45) is 11.8 Å². The van der Waals surface area contributed by atoms with Gasteiger partial charge in [0.2, 0.25) is 0 Å². The summed E-state index contributed by atoms with van der Waals surface area (Å²) in [5, 5.41) is 0. The average molecular weight is 130 g/mol. The summed E-state index contributed by atoms with van der Waals surface area (Å²) in [4.78, 5) is 0. The van der Waals surface area contributed by atoms with Gasteiger partial charge in [0.05, 0.1) is 0 Å². The van der Waals surface area contributed by atoms with E-state index in [2.05, 4.69) is 0 Å². The summed E-state index contributed by atoms with van der Waals surface area (Å²) in [6, 6.07) is 0. The minimum absolute atomic E-state index is 0.787. The van der Waals surface area contributed by atoms with Crippen LogP contribution in [0.5, 0.6) is 0 Å². The molecule has 1 rings (SSSR count). The molecule has 0 aromatic heterocycles. The van der Waals surface area contributed by atoms with Gasteiger partial charge in [0, 0.05) is 27.4 Å². The van der Waals surface area contributed by atoms with Gasteiger partial charge in [-0.25, -0.2) is 0 Å². The third-order valence-electron chi connectivity index (χ3n) is 1.83. The van der Waals surface area contributed by atoms with Crippen molar-refractivity contribution in [3.63, 3.8) is 0 Å². The molecule has 0 aliphatic heterocycles. The van der Waals surface area contributed by atoms with Gasteiger partial charge in [-0.2, -0.15) is 0 Å². The molecule has 2 atom stereocenters. The van der Waals surface area contributed by atoms with E-state index in [9.17, 15) is 0 Å². The predicted molar refractivity (Wildman–Crippen MR) is 35.3 cm³/mol. The summed E-state index contributed by atoms with van der Waals surface area (Å²) < 4.78 is 9.97. The molecule has 54 valence electrons. The standard InChI is InChI=1S/C7H14O2/c1-8-4-6-3-7(6)5-9-2/h6-7H,3-5H2,1-2H3. The van der Waals surface area contributed by atoms with Crippen molar-refractivity contribution in [2.45, 2.75) is 6.42 Å². The summed E-state index contributed by atoms with van der Waals surface area (Å²) in [6.07, 6.45) is 1.29. The van der Waals surface area contributed by atoms with E-state index in [0.717, 1.165) is 25.0 Å². The molecule has 1 aliphatic carbocycles. The van der Waals surface area contributed by atoms with Crippen LogP contribution < -0.4 is 0 Å². The molecule has 0 N–H and O–H groups in total. The van der Waals surface area contributed by atoms with Crippen molar-refractivity contribution in [2.75, 3.05) is 27.4 Å². The lowest BCUT2D eigenvalue weighted by Crippen LogP contribution is -1.97. The molecular weight excluding hydrogens is 116 g/mol. The first kappa shape index (κ1) is 7.03. The van der Waals surface area contributed by atoms with Gasteiger partial charge in [0.15, 0.2) is 0 Å². The van der Waals surface area contributed by atoms with Crippen LogP contribution in [0.15, 0.2) is 0 Å². The van der Waals surface area contributed by atoms with Crippen LogP contribution in [0.3, 0.4) is 0 Å². The molecule has 2 unspecified atom stereocenters. The maximum absolute atomic E-state index is 4.99.